The molecule has 2 aliphatic carbocycles. The van der Waals surface area contributed by atoms with Crippen molar-refractivity contribution in [1.82, 2.24) is 24.0 Å². The number of amides is 1. The molecular weight excluding hydrogens is 620 g/mol. The molecule has 4 aromatic rings. The number of piperazine rings is 1. The van der Waals surface area contributed by atoms with Crippen LogP contribution in [0.5, 0.6) is 0 Å². The number of hydrogen-bond donors (Lipinski definition) is 2. The number of hydrogen-bond acceptors (Lipinski definition) is 9. The van der Waals surface area contributed by atoms with E-state index in [0.717, 1.165) is 49.8 Å². The zero-order valence-electron chi connectivity index (χ0n) is 28.0. The van der Waals surface area contributed by atoms with E-state index < -0.39 is 0 Å². The molecule has 3 fully saturated rings. The number of pyridine rings is 3. The SMILES string of the molecule is CC1CN(C2COC2)CCN1c1ccc(Nc2cc(-c3ccnc(N4CCn5c(cc6c5C5CCC6C5)C4=O)c3CO)cn(C)c2=O)nc1. The van der Waals surface area contributed by atoms with Crippen LogP contribution in [-0.2, 0) is 24.9 Å². The quantitative estimate of drug-likeness (QED) is 0.304. The van der Waals surface area contributed by atoms with Gasteiger partial charge in [0.15, 0.2) is 0 Å². The molecule has 3 aliphatic heterocycles. The van der Waals surface area contributed by atoms with Gasteiger partial charge >= 0.3 is 0 Å². The fraction of sp³-hybridized carbons (Fsp3) is 0.459. The van der Waals surface area contributed by atoms with Gasteiger partial charge in [0.1, 0.15) is 23.0 Å². The number of aromatic nitrogens is 4. The number of aliphatic hydroxyl groups excluding tert-OH is 1. The van der Waals surface area contributed by atoms with Gasteiger partial charge in [-0.1, -0.05) is 0 Å². The van der Waals surface area contributed by atoms with Crippen molar-refractivity contribution in [1.29, 1.82) is 0 Å². The van der Waals surface area contributed by atoms with Crippen LogP contribution in [0.15, 0.2) is 53.7 Å². The fourth-order valence-electron chi connectivity index (χ4n) is 8.93. The molecule has 1 amide bonds. The molecule has 2 saturated heterocycles. The second-order valence-electron chi connectivity index (χ2n) is 14.3. The Kier molecular flexibility index (Phi) is 7.36. The summed E-state index contributed by atoms with van der Waals surface area (Å²) in [6.45, 7) is 7.70. The van der Waals surface area contributed by atoms with Crippen LogP contribution in [0.25, 0.3) is 11.1 Å². The minimum atomic E-state index is -0.306. The van der Waals surface area contributed by atoms with Crippen LogP contribution in [0.2, 0.25) is 0 Å². The third-order valence-electron chi connectivity index (χ3n) is 11.5. The van der Waals surface area contributed by atoms with E-state index >= 15 is 0 Å². The summed E-state index contributed by atoms with van der Waals surface area (Å²) < 4.78 is 9.15. The Labute approximate surface area is 284 Å². The number of aryl methyl sites for hydroxylation is 1. The number of rotatable bonds is 7. The van der Waals surface area contributed by atoms with Crippen LogP contribution in [0.1, 0.15) is 65.3 Å². The standard InChI is InChI=1S/C37H42N8O4/c1-22-17-42(27-20-49-21-27)9-10-43(22)26-5-6-33(39-16-26)40-31-14-25(18-41(2)36(31)47)28-7-8-38-35(30(28)19-46)45-12-11-44-32(37(45)48)15-29-23-3-4-24(13-23)34(29)44/h5-8,14-16,18,22-24,27,46H,3-4,9-13,17,19-21H2,1-2H3,(H,39,40). The second kappa shape index (κ2) is 11.8. The lowest BCUT2D eigenvalue weighted by molar-refractivity contribution is -0.0691. The molecule has 2 N–H and O–H groups in total. The summed E-state index contributed by atoms with van der Waals surface area (Å²) in [4.78, 5) is 43.1. The molecule has 12 nitrogen and oxygen atoms in total. The van der Waals surface area contributed by atoms with Crippen molar-refractivity contribution in [3.05, 3.63) is 81.8 Å². The van der Waals surface area contributed by atoms with Crippen molar-refractivity contribution in [2.24, 2.45) is 7.05 Å². The van der Waals surface area contributed by atoms with Gasteiger partial charge in [0.25, 0.3) is 11.5 Å². The first kappa shape index (κ1) is 30.5. The molecule has 7 heterocycles. The average Bonchev–Trinajstić information content (AvgIpc) is 3.81. The van der Waals surface area contributed by atoms with Gasteiger partial charge in [0.05, 0.1) is 37.7 Å². The first-order chi connectivity index (χ1) is 23.9. The van der Waals surface area contributed by atoms with Crippen LogP contribution in [-0.4, -0.2) is 86.5 Å². The Balaban J connectivity index is 0.968. The highest BCUT2D eigenvalue weighted by atomic mass is 16.5. The molecule has 1 saturated carbocycles. The molecule has 12 heteroatoms. The topological polar surface area (TPSA) is 121 Å². The summed E-state index contributed by atoms with van der Waals surface area (Å²) in [6, 6.07) is 10.6. The molecule has 4 aromatic heterocycles. The lowest BCUT2D eigenvalue weighted by Crippen LogP contribution is -2.59. The van der Waals surface area contributed by atoms with E-state index in [9.17, 15) is 14.7 Å². The van der Waals surface area contributed by atoms with E-state index in [0.29, 0.717) is 65.5 Å². The van der Waals surface area contributed by atoms with Crippen molar-refractivity contribution in [3.63, 3.8) is 0 Å². The number of anilines is 4. The Bertz CT molecular complexity index is 2000. The molecule has 2 bridgehead atoms. The Morgan fingerprint density at radius 2 is 1.88 bits per heavy atom. The Hall–Kier alpha value is -4.52. The minimum Gasteiger partial charge on any atom is -0.392 e. The van der Waals surface area contributed by atoms with E-state index in [1.165, 1.54) is 35.1 Å². The van der Waals surface area contributed by atoms with Crippen molar-refractivity contribution >= 4 is 28.9 Å². The smallest absolute Gasteiger partial charge is 0.276 e. The molecule has 49 heavy (non-hydrogen) atoms. The van der Waals surface area contributed by atoms with Crippen molar-refractivity contribution in [2.75, 3.05) is 54.5 Å². The van der Waals surface area contributed by atoms with Crippen LogP contribution in [0.4, 0.5) is 23.0 Å². The molecule has 254 valence electrons. The fourth-order valence-corrected chi connectivity index (χ4v) is 8.93. The second-order valence-corrected chi connectivity index (χ2v) is 14.3. The minimum absolute atomic E-state index is 0.0824. The molecular formula is C37H42N8O4. The lowest BCUT2D eigenvalue weighted by atomic mass is 9.98. The van der Waals surface area contributed by atoms with Gasteiger partial charge in [-0.2, -0.15) is 0 Å². The monoisotopic (exact) mass is 662 g/mol. The zero-order chi connectivity index (χ0) is 33.4. The van der Waals surface area contributed by atoms with E-state index in [2.05, 4.69) is 42.6 Å². The highest BCUT2D eigenvalue weighted by Gasteiger charge is 2.43. The maximum Gasteiger partial charge on any atom is 0.276 e. The summed E-state index contributed by atoms with van der Waals surface area (Å²) in [5.74, 6) is 2.08. The molecule has 5 aliphatic rings. The highest BCUT2D eigenvalue weighted by molar-refractivity contribution is 6.06. The largest absolute Gasteiger partial charge is 0.392 e. The van der Waals surface area contributed by atoms with E-state index in [-0.39, 0.29) is 18.1 Å². The Morgan fingerprint density at radius 1 is 1.02 bits per heavy atom. The number of aliphatic hydroxyl groups is 1. The van der Waals surface area contributed by atoms with E-state index in [4.69, 9.17) is 4.74 Å². The molecule has 0 aromatic carbocycles. The average molecular weight is 663 g/mol. The van der Waals surface area contributed by atoms with E-state index in [1.807, 2.05) is 24.4 Å². The number of fused-ring (bicyclic) bond motifs is 7. The number of carbonyl (C=O) groups is 1. The van der Waals surface area contributed by atoms with Gasteiger partial charge in [0.2, 0.25) is 0 Å². The van der Waals surface area contributed by atoms with E-state index in [1.54, 1.807) is 30.4 Å². The number of nitrogens with one attached hydrogen (secondary N) is 1. The predicted octanol–water partition coefficient (Wildman–Crippen LogP) is 3.81. The molecule has 0 spiro atoms. The van der Waals surface area contributed by atoms with Crippen LogP contribution < -0.4 is 20.7 Å². The molecule has 3 atom stereocenters. The summed E-state index contributed by atoms with van der Waals surface area (Å²) in [5, 5.41) is 13.9. The summed E-state index contributed by atoms with van der Waals surface area (Å²) in [5.41, 5.74) is 6.64. The number of nitrogens with zero attached hydrogens (tertiary/aromatic N) is 7. The highest BCUT2D eigenvalue weighted by Crippen LogP contribution is 2.54. The molecule has 3 unspecified atom stereocenters. The van der Waals surface area contributed by atoms with Gasteiger partial charge in [-0.15, -0.1) is 0 Å². The third kappa shape index (κ3) is 4.99. The number of ether oxygens (including phenoxy) is 1. The van der Waals surface area contributed by atoms with Crippen LogP contribution >= 0.6 is 0 Å². The summed E-state index contributed by atoms with van der Waals surface area (Å²) in [7, 11) is 1.71. The van der Waals surface area contributed by atoms with Crippen molar-refractivity contribution < 1.29 is 14.6 Å². The zero-order valence-corrected chi connectivity index (χ0v) is 28.0. The first-order valence-corrected chi connectivity index (χ1v) is 17.5. The maximum atomic E-state index is 13.9. The summed E-state index contributed by atoms with van der Waals surface area (Å²) >= 11 is 0. The van der Waals surface area contributed by atoms with Crippen LogP contribution in [0, 0.1) is 0 Å². The van der Waals surface area contributed by atoms with Gasteiger partial charge in [0, 0.05) is 80.9 Å². The van der Waals surface area contributed by atoms with Gasteiger partial charge in [-0.25, -0.2) is 9.97 Å². The third-order valence-corrected chi connectivity index (χ3v) is 11.5. The molecule has 9 rings (SSSR count). The molecule has 0 radical (unpaired) electrons. The van der Waals surface area contributed by atoms with Crippen molar-refractivity contribution in [3.8, 4) is 11.1 Å². The predicted molar refractivity (Wildman–Crippen MR) is 187 cm³/mol. The van der Waals surface area contributed by atoms with Crippen LogP contribution in [0.3, 0.4) is 0 Å². The van der Waals surface area contributed by atoms with Crippen molar-refractivity contribution in [2.45, 2.75) is 63.3 Å². The Morgan fingerprint density at radius 3 is 2.63 bits per heavy atom. The normalized spacial score (nSPS) is 23.5. The summed E-state index contributed by atoms with van der Waals surface area (Å²) in [6.07, 6.45) is 8.92. The maximum absolute atomic E-state index is 13.9. The van der Waals surface area contributed by atoms with Gasteiger partial charge < -0.3 is 29.2 Å². The lowest BCUT2D eigenvalue weighted by Gasteiger charge is -2.46. The van der Waals surface area contributed by atoms with Gasteiger partial charge in [-0.05, 0) is 73.6 Å². The number of carbonyl (C=O) groups excluding carboxylic acids is 1. The first-order valence-electron chi connectivity index (χ1n) is 17.5. The van der Waals surface area contributed by atoms with Gasteiger partial charge in [-0.3, -0.25) is 19.4 Å².